The average molecular weight is 266 g/mol. The SMILES string of the molecule is CCOC(=O)c1c2c(nn(CCO)c1=O)CCCC2. The van der Waals surface area contributed by atoms with Gasteiger partial charge < -0.3 is 9.84 Å². The molecule has 0 unspecified atom stereocenters. The maximum Gasteiger partial charge on any atom is 0.344 e. The number of hydrogen-bond donors (Lipinski definition) is 1. The number of hydrogen-bond acceptors (Lipinski definition) is 5. The smallest absolute Gasteiger partial charge is 0.344 e. The predicted molar refractivity (Wildman–Crippen MR) is 68.2 cm³/mol. The van der Waals surface area contributed by atoms with Gasteiger partial charge in [0.1, 0.15) is 5.56 Å². The summed E-state index contributed by atoms with van der Waals surface area (Å²) >= 11 is 0. The normalized spacial score (nSPS) is 14.0. The molecule has 1 heterocycles. The van der Waals surface area contributed by atoms with Crippen LogP contribution in [0.3, 0.4) is 0 Å². The van der Waals surface area contributed by atoms with Gasteiger partial charge in [0, 0.05) is 0 Å². The number of carbonyl (C=O) groups is 1. The van der Waals surface area contributed by atoms with Crippen molar-refractivity contribution in [2.75, 3.05) is 13.2 Å². The Hall–Kier alpha value is -1.69. The first-order valence-corrected chi connectivity index (χ1v) is 6.59. The Labute approximate surface area is 111 Å². The highest BCUT2D eigenvalue weighted by Gasteiger charge is 2.25. The van der Waals surface area contributed by atoms with E-state index in [0.29, 0.717) is 6.42 Å². The van der Waals surface area contributed by atoms with Crippen LogP contribution in [0.4, 0.5) is 0 Å². The van der Waals surface area contributed by atoms with Crippen molar-refractivity contribution in [3.63, 3.8) is 0 Å². The summed E-state index contributed by atoms with van der Waals surface area (Å²) in [5.74, 6) is -0.584. The minimum atomic E-state index is -0.584. The molecule has 104 valence electrons. The standard InChI is InChI=1S/C13H18N2O4/c1-2-19-13(18)11-9-5-3-4-6-10(9)14-15(7-8-16)12(11)17/h16H,2-8H2,1H3. The van der Waals surface area contributed by atoms with Crippen LogP contribution < -0.4 is 5.56 Å². The second-order valence-electron chi connectivity index (χ2n) is 4.48. The first-order chi connectivity index (χ1) is 9.19. The van der Waals surface area contributed by atoms with Gasteiger partial charge >= 0.3 is 5.97 Å². The van der Waals surface area contributed by atoms with Gasteiger partial charge in [-0.1, -0.05) is 0 Å². The van der Waals surface area contributed by atoms with Gasteiger partial charge in [-0.2, -0.15) is 5.10 Å². The first kappa shape index (κ1) is 13.7. The second kappa shape index (κ2) is 5.97. The monoisotopic (exact) mass is 266 g/mol. The summed E-state index contributed by atoms with van der Waals surface area (Å²) in [5.41, 5.74) is 1.14. The van der Waals surface area contributed by atoms with E-state index < -0.39 is 11.5 Å². The van der Waals surface area contributed by atoms with Crippen molar-refractivity contribution in [2.45, 2.75) is 39.2 Å². The van der Waals surface area contributed by atoms with Crippen molar-refractivity contribution in [1.82, 2.24) is 9.78 Å². The molecule has 1 aromatic rings. The number of rotatable bonds is 4. The van der Waals surface area contributed by atoms with Gasteiger partial charge in [-0.05, 0) is 38.2 Å². The quantitative estimate of drug-likeness (QED) is 0.792. The van der Waals surface area contributed by atoms with Gasteiger partial charge in [-0.25, -0.2) is 9.48 Å². The molecule has 0 atom stereocenters. The molecule has 0 spiro atoms. The van der Waals surface area contributed by atoms with Crippen LogP contribution in [0.5, 0.6) is 0 Å². The van der Waals surface area contributed by atoms with E-state index in [2.05, 4.69) is 5.10 Å². The fraction of sp³-hybridized carbons (Fsp3) is 0.615. The van der Waals surface area contributed by atoms with Crippen molar-refractivity contribution in [3.05, 3.63) is 27.2 Å². The Balaban J connectivity index is 2.56. The van der Waals surface area contributed by atoms with Gasteiger partial charge in [-0.3, -0.25) is 4.79 Å². The van der Waals surface area contributed by atoms with Crippen LogP contribution in [0.15, 0.2) is 4.79 Å². The molecule has 19 heavy (non-hydrogen) atoms. The fourth-order valence-electron chi connectivity index (χ4n) is 2.38. The zero-order valence-electron chi connectivity index (χ0n) is 11.0. The van der Waals surface area contributed by atoms with Crippen molar-refractivity contribution in [1.29, 1.82) is 0 Å². The number of nitrogens with zero attached hydrogens (tertiary/aromatic N) is 2. The maximum atomic E-state index is 12.2. The Morgan fingerprint density at radius 2 is 2.16 bits per heavy atom. The van der Waals surface area contributed by atoms with Crippen LogP contribution in [0, 0.1) is 0 Å². The molecule has 6 heteroatoms. The van der Waals surface area contributed by atoms with E-state index in [1.165, 1.54) is 0 Å². The summed E-state index contributed by atoms with van der Waals surface area (Å²) in [6.07, 6.45) is 3.39. The summed E-state index contributed by atoms with van der Waals surface area (Å²) in [7, 11) is 0. The van der Waals surface area contributed by atoms with Crippen LogP contribution in [-0.2, 0) is 24.1 Å². The van der Waals surface area contributed by atoms with E-state index in [0.717, 1.165) is 35.2 Å². The molecular weight excluding hydrogens is 248 g/mol. The number of aliphatic hydroxyl groups excluding tert-OH is 1. The maximum absolute atomic E-state index is 12.2. The van der Waals surface area contributed by atoms with Gasteiger partial charge in [0.25, 0.3) is 5.56 Å². The zero-order chi connectivity index (χ0) is 13.8. The van der Waals surface area contributed by atoms with Crippen molar-refractivity contribution < 1.29 is 14.6 Å². The lowest BCUT2D eigenvalue weighted by atomic mass is 9.93. The van der Waals surface area contributed by atoms with Crippen LogP contribution in [0.25, 0.3) is 0 Å². The molecule has 1 aliphatic carbocycles. The van der Waals surface area contributed by atoms with E-state index in [9.17, 15) is 9.59 Å². The zero-order valence-corrected chi connectivity index (χ0v) is 11.0. The minimum Gasteiger partial charge on any atom is -0.462 e. The van der Waals surface area contributed by atoms with Crippen molar-refractivity contribution in [3.8, 4) is 0 Å². The van der Waals surface area contributed by atoms with E-state index >= 15 is 0 Å². The molecule has 0 fully saturated rings. The molecular formula is C13H18N2O4. The largest absolute Gasteiger partial charge is 0.462 e. The van der Waals surface area contributed by atoms with Gasteiger partial charge in [0.05, 0.1) is 25.5 Å². The third kappa shape index (κ3) is 2.68. The Morgan fingerprint density at radius 1 is 1.42 bits per heavy atom. The molecule has 2 rings (SSSR count). The number of carbonyl (C=O) groups excluding carboxylic acids is 1. The van der Waals surface area contributed by atoms with E-state index in [4.69, 9.17) is 9.84 Å². The van der Waals surface area contributed by atoms with Crippen LogP contribution in [-0.4, -0.2) is 34.1 Å². The van der Waals surface area contributed by atoms with Crippen molar-refractivity contribution >= 4 is 5.97 Å². The number of ether oxygens (including phenoxy) is 1. The third-order valence-electron chi connectivity index (χ3n) is 3.22. The lowest BCUT2D eigenvalue weighted by Gasteiger charge is -2.19. The molecule has 0 saturated heterocycles. The molecule has 6 nitrogen and oxygen atoms in total. The van der Waals surface area contributed by atoms with Gasteiger partial charge in [0.2, 0.25) is 0 Å². The highest BCUT2D eigenvalue weighted by molar-refractivity contribution is 5.91. The molecule has 0 amide bonds. The molecule has 1 aliphatic rings. The highest BCUT2D eigenvalue weighted by Crippen LogP contribution is 2.21. The minimum absolute atomic E-state index is 0.0958. The summed E-state index contributed by atoms with van der Waals surface area (Å²) in [4.78, 5) is 24.2. The highest BCUT2D eigenvalue weighted by atomic mass is 16.5. The Morgan fingerprint density at radius 3 is 2.84 bits per heavy atom. The summed E-state index contributed by atoms with van der Waals surface area (Å²) < 4.78 is 6.13. The van der Waals surface area contributed by atoms with Crippen LogP contribution in [0.1, 0.15) is 41.4 Å². The Kier molecular flexibility index (Phi) is 4.31. The predicted octanol–water partition coefficient (Wildman–Crippen LogP) is 0.291. The van der Waals surface area contributed by atoms with Gasteiger partial charge in [-0.15, -0.1) is 0 Å². The number of esters is 1. The summed E-state index contributed by atoms with van der Waals surface area (Å²) in [5, 5.41) is 13.2. The molecule has 0 bridgehead atoms. The molecule has 1 N–H and O–H groups in total. The molecule has 1 aromatic heterocycles. The van der Waals surface area contributed by atoms with Crippen LogP contribution in [0.2, 0.25) is 0 Å². The molecule has 0 radical (unpaired) electrons. The van der Waals surface area contributed by atoms with E-state index in [1.807, 2.05) is 0 Å². The van der Waals surface area contributed by atoms with Gasteiger partial charge in [0.15, 0.2) is 0 Å². The third-order valence-corrected chi connectivity index (χ3v) is 3.22. The fourth-order valence-corrected chi connectivity index (χ4v) is 2.38. The number of aryl methyl sites for hydroxylation is 1. The average Bonchev–Trinajstić information content (AvgIpc) is 2.40. The number of fused-ring (bicyclic) bond motifs is 1. The summed E-state index contributed by atoms with van der Waals surface area (Å²) in [6.45, 7) is 1.85. The van der Waals surface area contributed by atoms with E-state index in [1.54, 1.807) is 6.92 Å². The first-order valence-electron chi connectivity index (χ1n) is 6.59. The van der Waals surface area contributed by atoms with E-state index in [-0.39, 0.29) is 25.3 Å². The molecule has 0 saturated carbocycles. The number of aromatic nitrogens is 2. The topological polar surface area (TPSA) is 81.4 Å². The second-order valence-corrected chi connectivity index (χ2v) is 4.48. The lowest BCUT2D eigenvalue weighted by Crippen LogP contribution is -2.34. The van der Waals surface area contributed by atoms with Crippen LogP contribution >= 0.6 is 0 Å². The lowest BCUT2D eigenvalue weighted by molar-refractivity contribution is 0.0520. The summed E-state index contributed by atoms with van der Waals surface area (Å²) in [6, 6.07) is 0. The number of aliphatic hydroxyl groups is 1. The Bertz CT molecular complexity index is 536. The molecule has 0 aromatic carbocycles. The van der Waals surface area contributed by atoms with Crippen molar-refractivity contribution in [2.24, 2.45) is 0 Å². The molecule has 0 aliphatic heterocycles.